The molecule has 4 N–H and O–H groups in total. The molecule has 1 unspecified atom stereocenters. The minimum Gasteiger partial charge on any atom is -0.368 e. The zero-order chi connectivity index (χ0) is 13.8. The molecule has 19 heavy (non-hydrogen) atoms. The van der Waals surface area contributed by atoms with Gasteiger partial charge in [0.25, 0.3) is 5.91 Å². The van der Waals surface area contributed by atoms with Crippen LogP contribution >= 0.6 is 11.3 Å². The molecule has 6 heteroatoms. The molecule has 0 aliphatic carbocycles. The molecule has 1 aliphatic heterocycles. The van der Waals surface area contributed by atoms with Gasteiger partial charge in [0.1, 0.15) is 6.04 Å². The van der Waals surface area contributed by atoms with Crippen molar-refractivity contribution in [2.24, 2.45) is 11.5 Å². The lowest BCUT2D eigenvalue weighted by molar-refractivity contribution is -0.121. The fourth-order valence-corrected chi connectivity index (χ4v) is 2.94. The van der Waals surface area contributed by atoms with E-state index in [2.05, 4.69) is 11.8 Å². The van der Waals surface area contributed by atoms with Gasteiger partial charge in [-0.2, -0.15) is 0 Å². The van der Waals surface area contributed by atoms with E-state index in [9.17, 15) is 9.59 Å². The first-order valence-corrected chi connectivity index (χ1v) is 6.84. The van der Waals surface area contributed by atoms with Crippen molar-refractivity contribution in [3.63, 3.8) is 0 Å². The van der Waals surface area contributed by atoms with Crippen LogP contribution in [0.1, 0.15) is 27.4 Å². The molecule has 1 atom stereocenters. The van der Waals surface area contributed by atoms with Gasteiger partial charge in [-0.1, -0.05) is 11.8 Å². The molecule has 100 valence electrons. The van der Waals surface area contributed by atoms with E-state index >= 15 is 0 Å². The molecule has 2 heterocycles. The third-order valence-electron chi connectivity index (χ3n) is 2.97. The lowest BCUT2D eigenvalue weighted by Crippen LogP contribution is -2.43. The highest BCUT2D eigenvalue weighted by molar-refractivity contribution is 7.14. The Morgan fingerprint density at radius 2 is 2.26 bits per heavy atom. The Labute approximate surface area is 115 Å². The molecular weight excluding hydrogens is 262 g/mol. The highest BCUT2D eigenvalue weighted by atomic mass is 32.1. The first-order valence-electron chi connectivity index (χ1n) is 6.02. The van der Waals surface area contributed by atoms with Crippen molar-refractivity contribution < 1.29 is 9.59 Å². The number of nitrogens with two attached hydrogens (primary N) is 2. The van der Waals surface area contributed by atoms with Gasteiger partial charge in [0.2, 0.25) is 5.91 Å². The number of likely N-dealkylation sites (tertiary alicyclic amines) is 1. The summed E-state index contributed by atoms with van der Waals surface area (Å²) in [6, 6.07) is 3.04. The topological polar surface area (TPSA) is 89.4 Å². The maximum Gasteiger partial charge on any atom is 0.264 e. The fourth-order valence-electron chi connectivity index (χ4n) is 2.11. The van der Waals surface area contributed by atoms with Crippen molar-refractivity contribution in [1.29, 1.82) is 0 Å². The number of amides is 2. The van der Waals surface area contributed by atoms with Crippen molar-refractivity contribution >= 4 is 23.2 Å². The second kappa shape index (κ2) is 5.87. The van der Waals surface area contributed by atoms with Crippen molar-refractivity contribution in [3.8, 4) is 11.8 Å². The van der Waals surface area contributed by atoms with Gasteiger partial charge in [-0.05, 0) is 25.0 Å². The van der Waals surface area contributed by atoms with Gasteiger partial charge in [-0.3, -0.25) is 9.59 Å². The molecule has 0 radical (unpaired) electrons. The van der Waals surface area contributed by atoms with Gasteiger partial charge in [0, 0.05) is 6.54 Å². The quantitative estimate of drug-likeness (QED) is 0.754. The normalized spacial score (nSPS) is 17.9. The molecule has 1 aromatic heterocycles. The Morgan fingerprint density at radius 1 is 1.47 bits per heavy atom. The summed E-state index contributed by atoms with van der Waals surface area (Å²) in [5, 5.41) is 0. The highest BCUT2D eigenvalue weighted by Gasteiger charge is 2.33. The highest BCUT2D eigenvalue weighted by Crippen LogP contribution is 2.23. The zero-order valence-electron chi connectivity index (χ0n) is 10.4. The largest absolute Gasteiger partial charge is 0.368 e. The molecule has 2 rings (SSSR count). The van der Waals surface area contributed by atoms with Crippen LogP contribution in [0.4, 0.5) is 0 Å². The second-order valence-corrected chi connectivity index (χ2v) is 5.31. The Morgan fingerprint density at radius 3 is 2.95 bits per heavy atom. The standard InChI is InChI=1S/C13H15N3O2S/c14-7-1-3-9-5-6-11(19-9)13(18)16-8-2-4-10(16)12(15)17/h5-6,10H,2,4,7-8,14H2,(H2,15,17). The van der Waals surface area contributed by atoms with Crippen molar-refractivity contribution in [2.45, 2.75) is 18.9 Å². The van der Waals surface area contributed by atoms with Gasteiger partial charge < -0.3 is 16.4 Å². The maximum atomic E-state index is 12.3. The van der Waals surface area contributed by atoms with Crippen molar-refractivity contribution in [3.05, 3.63) is 21.9 Å². The average molecular weight is 277 g/mol. The van der Waals surface area contributed by atoms with Crippen molar-refractivity contribution in [1.82, 2.24) is 4.90 Å². The number of thiophene rings is 1. The van der Waals surface area contributed by atoms with Gasteiger partial charge in [-0.15, -0.1) is 11.3 Å². The predicted molar refractivity (Wildman–Crippen MR) is 73.5 cm³/mol. The van der Waals surface area contributed by atoms with Crippen LogP contribution in [0.15, 0.2) is 12.1 Å². The predicted octanol–water partition coefficient (Wildman–Crippen LogP) is 0.148. The first-order chi connectivity index (χ1) is 9.13. The van der Waals surface area contributed by atoms with E-state index < -0.39 is 11.9 Å². The van der Waals surface area contributed by atoms with Crippen LogP contribution in [-0.4, -0.2) is 35.8 Å². The van der Waals surface area contributed by atoms with Gasteiger partial charge in [-0.25, -0.2) is 0 Å². The van der Waals surface area contributed by atoms with E-state index in [4.69, 9.17) is 11.5 Å². The summed E-state index contributed by atoms with van der Waals surface area (Å²) in [6.07, 6.45) is 1.46. The first kappa shape index (κ1) is 13.6. The number of rotatable bonds is 2. The van der Waals surface area contributed by atoms with Crippen LogP contribution in [0.5, 0.6) is 0 Å². The summed E-state index contributed by atoms with van der Waals surface area (Å²) in [5.41, 5.74) is 10.6. The summed E-state index contributed by atoms with van der Waals surface area (Å²) in [7, 11) is 0. The number of primary amides is 1. The molecule has 2 amide bonds. The number of nitrogens with zero attached hydrogens (tertiary/aromatic N) is 1. The van der Waals surface area contributed by atoms with E-state index in [0.29, 0.717) is 17.8 Å². The van der Waals surface area contributed by atoms with Crippen LogP contribution < -0.4 is 11.5 Å². The number of carbonyl (C=O) groups excluding carboxylic acids is 2. The van der Waals surface area contributed by atoms with Crippen LogP contribution in [-0.2, 0) is 4.79 Å². The minimum absolute atomic E-state index is 0.146. The molecule has 5 nitrogen and oxygen atoms in total. The summed E-state index contributed by atoms with van der Waals surface area (Å²) >= 11 is 1.31. The average Bonchev–Trinajstić information content (AvgIpc) is 3.04. The molecule has 1 fully saturated rings. The molecule has 0 saturated carbocycles. The third kappa shape index (κ3) is 2.95. The van der Waals surface area contributed by atoms with Crippen molar-refractivity contribution in [2.75, 3.05) is 13.1 Å². The van der Waals surface area contributed by atoms with Gasteiger partial charge in [0.15, 0.2) is 0 Å². The van der Waals surface area contributed by atoms with E-state index in [1.54, 1.807) is 17.0 Å². The Bertz CT molecular complexity index is 556. The van der Waals surface area contributed by atoms with Crippen LogP contribution in [0.25, 0.3) is 0 Å². The molecule has 0 bridgehead atoms. The number of hydrogen-bond acceptors (Lipinski definition) is 4. The summed E-state index contributed by atoms with van der Waals surface area (Å²) in [5.74, 6) is 5.04. The van der Waals surface area contributed by atoms with Crippen LogP contribution in [0.3, 0.4) is 0 Å². The van der Waals surface area contributed by atoms with E-state index in [1.165, 1.54) is 11.3 Å². The lowest BCUT2D eigenvalue weighted by Gasteiger charge is -2.21. The van der Waals surface area contributed by atoms with E-state index in [0.717, 1.165) is 11.3 Å². The second-order valence-electron chi connectivity index (χ2n) is 4.23. The van der Waals surface area contributed by atoms with Crippen LogP contribution in [0, 0.1) is 11.8 Å². The Balaban J connectivity index is 2.15. The Hall–Kier alpha value is -1.84. The lowest BCUT2D eigenvalue weighted by atomic mass is 10.2. The third-order valence-corrected chi connectivity index (χ3v) is 3.96. The van der Waals surface area contributed by atoms with E-state index in [1.807, 2.05) is 0 Å². The molecule has 1 saturated heterocycles. The molecule has 1 aliphatic rings. The van der Waals surface area contributed by atoms with Gasteiger partial charge >= 0.3 is 0 Å². The summed E-state index contributed by atoms with van der Waals surface area (Å²) in [6.45, 7) is 0.866. The summed E-state index contributed by atoms with van der Waals surface area (Å²) < 4.78 is 0. The zero-order valence-corrected chi connectivity index (χ0v) is 11.2. The van der Waals surface area contributed by atoms with Gasteiger partial charge in [0.05, 0.1) is 16.3 Å². The minimum atomic E-state index is -0.479. The summed E-state index contributed by atoms with van der Waals surface area (Å²) in [4.78, 5) is 26.5. The maximum absolute atomic E-state index is 12.3. The Kier molecular flexibility index (Phi) is 4.20. The smallest absolute Gasteiger partial charge is 0.264 e. The van der Waals surface area contributed by atoms with Crippen LogP contribution in [0.2, 0.25) is 0 Å². The number of carbonyl (C=O) groups is 2. The fraction of sp³-hybridized carbons (Fsp3) is 0.385. The molecular formula is C13H15N3O2S. The molecule has 0 spiro atoms. The number of hydrogen-bond donors (Lipinski definition) is 2. The monoisotopic (exact) mass is 277 g/mol. The van der Waals surface area contributed by atoms with E-state index in [-0.39, 0.29) is 12.5 Å². The molecule has 0 aromatic carbocycles. The molecule has 1 aromatic rings. The SMILES string of the molecule is NCC#Cc1ccc(C(=O)N2CCCC2C(N)=O)s1.